The quantitative estimate of drug-likeness (QED) is 0.873. The molecular weight excluding hydrogens is 231 g/mol. The van der Waals surface area contributed by atoms with Crippen molar-refractivity contribution in [2.75, 3.05) is 12.4 Å². The molecule has 16 heavy (non-hydrogen) atoms. The van der Waals surface area contributed by atoms with Crippen molar-refractivity contribution in [1.82, 2.24) is 15.0 Å². The summed E-state index contributed by atoms with van der Waals surface area (Å²) in [6.45, 7) is 0. The Morgan fingerprint density at radius 1 is 1.19 bits per heavy atom. The summed E-state index contributed by atoms with van der Waals surface area (Å²) >= 11 is 5.96. The molecule has 2 heterocycles. The van der Waals surface area contributed by atoms with E-state index in [2.05, 4.69) is 20.3 Å². The van der Waals surface area contributed by atoms with Gasteiger partial charge in [-0.2, -0.15) is 0 Å². The number of hydrogen-bond acceptors (Lipinski definition) is 4. The number of pyridine rings is 1. The molecule has 0 aliphatic rings. The summed E-state index contributed by atoms with van der Waals surface area (Å²) in [6, 6.07) is 1.70. The standard InChI is InChI=1S/C10H8ClFN4/c1-13-9-2-7(8(11)5-14-9)10-15-3-6(12)4-16-10/h2-5H,1H3,(H,13,14). The second-order valence-electron chi connectivity index (χ2n) is 3.02. The molecule has 1 N–H and O–H groups in total. The minimum absolute atomic E-state index is 0.366. The van der Waals surface area contributed by atoms with Crippen LogP contribution in [0.15, 0.2) is 24.7 Å². The van der Waals surface area contributed by atoms with Gasteiger partial charge in [0, 0.05) is 18.8 Å². The zero-order valence-corrected chi connectivity index (χ0v) is 9.16. The van der Waals surface area contributed by atoms with Crippen LogP contribution in [0.4, 0.5) is 10.2 Å². The van der Waals surface area contributed by atoms with Crippen molar-refractivity contribution in [2.24, 2.45) is 0 Å². The van der Waals surface area contributed by atoms with Crippen molar-refractivity contribution in [1.29, 1.82) is 0 Å². The van der Waals surface area contributed by atoms with Crippen LogP contribution in [0.3, 0.4) is 0 Å². The molecule has 0 unspecified atom stereocenters. The van der Waals surface area contributed by atoms with Crippen LogP contribution >= 0.6 is 11.6 Å². The Balaban J connectivity index is 2.50. The topological polar surface area (TPSA) is 50.7 Å². The molecule has 2 aromatic rings. The lowest BCUT2D eigenvalue weighted by atomic mass is 10.2. The van der Waals surface area contributed by atoms with Gasteiger partial charge < -0.3 is 5.32 Å². The number of anilines is 1. The normalized spacial score (nSPS) is 10.2. The van der Waals surface area contributed by atoms with Crippen LogP contribution < -0.4 is 5.32 Å². The van der Waals surface area contributed by atoms with Crippen molar-refractivity contribution in [3.63, 3.8) is 0 Å². The maximum absolute atomic E-state index is 12.7. The molecule has 4 nitrogen and oxygen atoms in total. The molecule has 0 radical (unpaired) electrons. The van der Waals surface area contributed by atoms with E-state index in [9.17, 15) is 4.39 Å². The minimum atomic E-state index is -0.484. The second-order valence-corrected chi connectivity index (χ2v) is 3.43. The molecular formula is C10H8ClFN4. The number of nitrogens with one attached hydrogen (secondary N) is 1. The van der Waals surface area contributed by atoms with E-state index >= 15 is 0 Å². The Morgan fingerprint density at radius 2 is 1.88 bits per heavy atom. The first-order chi connectivity index (χ1) is 7.70. The molecule has 0 aromatic carbocycles. The Bertz CT molecular complexity index is 501. The van der Waals surface area contributed by atoms with Crippen molar-refractivity contribution in [3.8, 4) is 11.4 Å². The van der Waals surface area contributed by atoms with Gasteiger partial charge in [0.25, 0.3) is 0 Å². The number of nitrogens with zero attached hydrogens (tertiary/aromatic N) is 3. The van der Waals surface area contributed by atoms with E-state index in [0.717, 1.165) is 12.4 Å². The van der Waals surface area contributed by atoms with Gasteiger partial charge in [-0.15, -0.1) is 0 Å². The highest BCUT2D eigenvalue weighted by Gasteiger charge is 2.08. The van der Waals surface area contributed by atoms with Crippen molar-refractivity contribution in [2.45, 2.75) is 0 Å². The number of rotatable bonds is 2. The van der Waals surface area contributed by atoms with Gasteiger partial charge in [-0.05, 0) is 6.07 Å². The monoisotopic (exact) mass is 238 g/mol. The molecule has 6 heteroatoms. The Kier molecular flexibility index (Phi) is 2.96. The van der Waals surface area contributed by atoms with Crippen LogP contribution in [0.2, 0.25) is 5.02 Å². The van der Waals surface area contributed by atoms with Gasteiger partial charge in [-0.3, -0.25) is 0 Å². The van der Waals surface area contributed by atoms with Gasteiger partial charge in [-0.1, -0.05) is 11.6 Å². The van der Waals surface area contributed by atoms with E-state index in [-0.39, 0.29) is 0 Å². The van der Waals surface area contributed by atoms with Crippen LogP contribution in [-0.2, 0) is 0 Å². The summed E-state index contributed by atoms with van der Waals surface area (Å²) in [5.74, 6) is 0.528. The lowest BCUT2D eigenvalue weighted by molar-refractivity contribution is 0.614. The highest BCUT2D eigenvalue weighted by molar-refractivity contribution is 6.33. The van der Waals surface area contributed by atoms with Gasteiger partial charge in [0.2, 0.25) is 0 Å². The third-order valence-electron chi connectivity index (χ3n) is 1.97. The fourth-order valence-electron chi connectivity index (χ4n) is 1.20. The van der Waals surface area contributed by atoms with E-state index < -0.39 is 5.82 Å². The van der Waals surface area contributed by atoms with Crippen LogP contribution in [0, 0.1) is 5.82 Å². The van der Waals surface area contributed by atoms with Gasteiger partial charge in [0.15, 0.2) is 11.6 Å². The van der Waals surface area contributed by atoms with Crippen LogP contribution in [0.5, 0.6) is 0 Å². The van der Waals surface area contributed by atoms with Crippen LogP contribution in [0.25, 0.3) is 11.4 Å². The molecule has 2 rings (SSSR count). The predicted molar refractivity (Wildman–Crippen MR) is 59.8 cm³/mol. The van der Waals surface area contributed by atoms with E-state index in [0.29, 0.717) is 22.2 Å². The summed E-state index contributed by atoms with van der Waals surface area (Å²) in [4.78, 5) is 11.7. The van der Waals surface area contributed by atoms with E-state index in [1.165, 1.54) is 6.20 Å². The predicted octanol–water partition coefficient (Wildman–Crippen LogP) is 2.37. The highest BCUT2D eigenvalue weighted by atomic mass is 35.5. The van der Waals surface area contributed by atoms with Gasteiger partial charge in [0.05, 0.1) is 17.4 Å². The van der Waals surface area contributed by atoms with E-state index in [4.69, 9.17) is 11.6 Å². The molecule has 0 amide bonds. The van der Waals surface area contributed by atoms with Crippen LogP contribution in [0.1, 0.15) is 0 Å². The zero-order chi connectivity index (χ0) is 11.5. The minimum Gasteiger partial charge on any atom is -0.373 e. The first-order valence-corrected chi connectivity index (χ1v) is 4.89. The van der Waals surface area contributed by atoms with E-state index in [1.54, 1.807) is 13.1 Å². The van der Waals surface area contributed by atoms with Crippen LogP contribution in [-0.4, -0.2) is 22.0 Å². The Morgan fingerprint density at radius 3 is 2.50 bits per heavy atom. The molecule has 82 valence electrons. The number of hydrogen-bond donors (Lipinski definition) is 1. The molecule has 0 atom stereocenters. The summed E-state index contributed by atoms with van der Waals surface area (Å²) in [5.41, 5.74) is 0.612. The first-order valence-electron chi connectivity index (χ1n) is 4.52. The SMILES string of the molecule is CNc1cc(-c2ncc(F)cn2)c(Cl)cn1. The van der Waals surface area contributed by atoms with Gasteiger partial charge in [0.1, 0.15) is 5.82 Å². The maximum atomic E-state index is 12.7. The van der Waals surface area contributed by atoms with Crippen molar-refractivity contribution in [3.05, 3.63) is 35.5 Å². The average Bonchev–Trinajstić information content (AvgIpc) is 2.31. The molecule has 0 fully saturated rings. The Labute approximate surface area is 96.5 Å². The van der Waals surface area contributed by atoms with Crippen molar-refractivity contribution < 1.29 is 4.39 Å². The fourth-order valence-corrected chi connectivity index (χ4v) is 1.39. The summed E-state index contributed by atoms with van der Waals surface area (Å²) < 4.78 is 12.7. The molecule has 0 bridgehead atoms. The molecule has 0 spiro atoms. The maximum Gasteiger partial charge on any atom is 0.161 e. The molecule has 0 aliphatic carbocycles. The van der Waals surface area contributed by atoms with Gasteiger partial charge in [-0.25, -0.2) is 19.3 Å². The van der Waals surface area contributed by atoms with Crippen molar-refractivity contribution >= 4 is 17.4 Å². The third kappa shape index (κ3) is 2.09. The first kappa shape index (κ1) is 10.8. The lowest BCUT2D eigenvalue weighted by Gasteiger charge is -2.04. The molecule has 2 aromatic heterocycles. The highest BCUT2D eigenvalue weighted by Crippen LogP contribution is 2.26. The number of halogens is 2. The Hall–Kier alpha value is -1.75. The second kappa shape index (κ2) is 4.40. The fraction of sp³-hybridized carbons (Fsp3) is 0.100. The average molecular weight is 239 g/mol. The summed E-state index contributed by atoms with van der Waals surface area (Å²) in [6.07, 6.45) is 3.69. The number of aromatic nitrogens is 3. The summed E-state index contributed by atoms with van der Waals surface area (Å²) in [5, 5.41) is 3.30. The molecule has 0 saturated heterocycles. The lowest BCUT2D eigenvalue weighted by Crippen LogP contribution is -1.95. The summed E-state index contributed by atoms with van der Waals surface area (Å²) in [7, 11) is 1.74. The largest absolute Gasteiger partial charge is 0.373 e. The third-order valence-corrected chi connectivity index (χ3v) is 2.27. The van der Waals surface area contributed by atoms with Gasteiger partial charge >= 0.3 is 0 Å². The van der Waals surface area contributed by atoms with E-state index in [1.807, 2.05) is 0 Å². The smallest absolute Gasteiger partial charge is 0.161 e. The molecule has 0 saturated carbocycles. The molecule has 0 aliphatic heterocycles. The zero-order valence-electron chi connectivity index (χ0n) is 8.41.